The van der Waals surface area contributed by atoms with Crippen LogP contribution in [0.4, 0.5) is 0 Å². The molecule has 1 rings (SSSR count). The molecule has 0 spiro atoms. The molecule has 0 saturated carbocycles. The van der Waals surface area contributed by atoms with Crippen molar-refractivity contribution in [3.63, 3.8) is 0 Å². The number of ether oxygens (including phenoxy) is 1. The van der Waals surface area contributed by atoms with Gasteiger partial charge in [-0.2, -0.15) is 5.26 Å². The van der Waals surface area contributed by atoms with Gasteiger partial charge in [-0.15, -0.1) is 0 Å². The number of rotatable bonds is 7. The lowest BCUT2D eigenvalue weighted by molar-refractivity contribution is 0.184. The fourth-order valence-electron chi connectivity index (χ4n) is 2.02. The van der Waals surface area contributed by atoms with Crippen LogP contribution in [-0.4, -0.2) is 31.1 Å². The summed E-state index contributed by atoms with van der Waals surface area (Å²) < 4.78 is 5.68. The zero-order valence-corrected chi connectivity index (χ0v) is 12.4. The van der Waals surface area contributed by atoms with Crippen LogP contribution in [0.3, 0.4) is 0 Å². The van der Waals surface area contributed by atoms with Gasteiger partial charge in [0.1, 0.15) is 12.4 Å². The van der Waals surface area contributed by atoms with Crippen molar-refractivity contribution in [3.8, 4) is 11.8 Å². The molecule has 0 amide bonds. The normalized spacial score (nSPS) is 12.5. The van der Waals surface area contributed by atoms with Crippen LogP contribution in [0.25, 0.3) is 0 Å². The topological polar surface area (TPSA) is 36.3 Å². The molecule has 0 radical (unpaired) electrons. The molecule has 0 aliphatic carbocycles. The summed E-state index contributed by atoms with van der Waals surface area (Å²) in [6.07, 6.45) is 1.20. The minimum atomic E-state index is 0.574. The molecule has 0 fully saturated rings. The number of hydrogen-bond acceptors (Lipinski definition) is 3. The third kappa shape index (κ3) is 5.76. The van der Waals surface area contributed by atoms with E-state index >= 15 is 0 Å². The highest BCUT2D eigenvalue weighted by molar-refractivity contribution is 5.34. The van der Waals surface area contributed by atoms with Crippen LogP contribution in [0.5, 0.6) is 5.75 Å². The van der Waals surface area contributed by atoms with Crippen molar-refractivity contribution in [2.75, 3.05) is 20.2 Å². The van der Waals surface area contributed by atoms with Crippen LogP contribution < -0.4 is 4.74 Å². The molecule has 0 aromatic heterocycles. The number of nitriles is 1. The molecule has 3 heteroatoms. The van der Waals surface area contributed by atoms with Crippen molar-refractivity contribution >= 4 is 0 Å². The van der Waals surface area contributed by atoms with Gasteiger partial charge < -0.3 is 9.64 Å². The fraction of sp³-hybridized carbons (Fsp3) is 0.562. The Morgan fingerprint density at radius 2 is 1.84 bits per heavy atom. The number of likely N-dealkylation sites (N-methyl/N-ethyl adjacent to an activating group) is 1. The summed E-state index contributed by atoms with van der Waals surface area (Å²) in [7, 11) is 2.13. The third-order valence-electron chi connectivity index (χ3n) is 3.26. The van der Waals surface area contributed by atoms with Crippen molar-refractivity contribution in [2.45, 2.75) is 33.2 Å². The monoisotopic (exact) mass is 260 g/mol. The lowest BCUT2D eigenvalue weighted by Crippen LogP contribution is -2.33. The second-order valence-electron chi connectivity index (χ2n) is 5.44. The van der Waals surface area contributed by atoms with Crippen LogP contribution in [-0.2, 0) is 0 Å². The third-order valence-corrected chi connectivity index (χ3v) is 3.26. The standard InChI is InChI=1S/C16H24N2O/c1-13(2)11-14(3)18(4)9-10-19-16-7-5-15(12-17)6-8-16/h5-8,13-14H,9-11H2,1-4H3. The zero-order valence-electron chi connectivity index (χ0n) is 12.4. The Labute approximate surface area is 116 Å². The first kappa shape index (κ1) is 15.5. The van der Waals surface area contributed by atoms with Gasteiger partial charge in [0.05, 0.1) is 11.6 Å². The van der Waals surface area contributed by atoms with Crippen molar-refractivity contribution in [3.05, 3.63) is 29.8 Å². The van der Waals surface area contributed by atoms with E-state index in [2.05, 4.69) is 38.8 Å². The average Bonchev–Trinajstić information content (AvgIpc) is 2.38. The van der Waals surface area contributed by atoms with Crippen LogP contribution in [0.2, 0.25) is 0 Å². The van der Waals surface area contributed by atoms with E-state index in [1.807, 2.05) is 12.1 Å². The predicted molar refractivity (Wildman–Crippen MR) is 78.2 cm³/mol. The van der Waals surface area contributed by atoms with E-state index in [1.165, 1.54) is 6.42 Å². The van der Waals surface area contributed by atoms with Gasteiger partial charge in [-0.3, -0.25) is 0 Å². The average molecular weight is 260 g/mol. The van der Waals surface area contributed by atoms with Crippen molar-refractivity contribution in [1.29, 1.82) is 5.26 Å². The Hall–Kier alpha value is -1.53. The van der Waals surface area contributed by atoms with Gasteiger partial charge in [-0.1, -0.05) is 13.8 Å². The maximum atomic E-state index is 8.71. The van der Waals surface area contributed by atoms with Crippen LogP contribution in [0.1, 0.15) is 32.8 Å². The highest BCUT2D eigenvalue weighted by Crippen LogP contribution is 2.12. The van der Waals surface area contributed by atoms with Gasteiger partial charge in [0.25, 0.3) is 0 Å². The number of hydrogen-bond donors (Lipinski definition) is 0. The summed E-state index contributed by atoms with van der Waals surface area (Å²) in [5, 5.41) is 8.71. The molecule has 104 valence electrons. The molecule has 0 saturated heterocycles. The molecule has 1 aromatic carbocycles. The van der Waals surface area contributed by atoms with E-state index in [0.29, 0.717) is 18.2 Å². The Morgan fingerprint density at radius 3 is 2.37 bits per heavy atom. The van der Waals surface area contributed by atoms with Gasteiger partial charge in [0.2, 0.25) is 0 Å². The summed E-state index contributed by atoms with van der Waals surface area (Å²) in [5.74, 6) is 1.54. The highest BCUT2D eigenvalue weighted by Gasteiger charge is 2.10. The van der Waals surface area contributed by atoms with Crippen molar-refractivity contribution < 1.29 is 4.74 Å². The molecule has 19 heavy (non-hydrogen) atoms. The summed E-state index contributed by atoms with van der Waals surface area (Å²) in [6.45, 7) is 8.33. The summed E-state index contributed by atoms with van der Waals surface area (Å²) in [4.78, 5) is 2.32. The second kappa shape index (κ2) is 7.81. The predicted octanol–water partition coefficient (Wildman–Crippen LogP) is 3.30. The highest BCUT2D eigenvalue weighted by atomic mass is 16.5. The molecule has 1 aromatic rings. The summed E-state index contributed by atoms with van der Waals surface area (Å²) in [6, 6.07) is 9.91. The maximum absolute atomic E-state index is 8.71. The Bertz CT molecular complexity index is 406. The first-order valence-electron chi connectivity index (χ1n) is 6.86. The largest absolute Gasteiger partial charge is 0.492 e. The van der Waals surface area contributed by atoms with E-state index < -0.39 is 0 Å². The minimum Gasteiger partial charge on any atom is -0.492 e. The van der Waals surface area contributed by atoms with E-state index in [-0.39, 0.29) is 0 Å². The second-order valence-corrected chi connectivity index (χ2v) is 5.44. The quantitative estimate of drug-likeness (QED) is 0.754. The van der Waals surface area contributed by atoms with Gasteiger partial charge in [0, 0.05) is 12.6 Å². The SMILES string of the molecule is CC(C)CC(C)N(C)CCOc1ccc(C#N)cc1. The molecule has 0 heterocycles. The maximum Gasteiger partial charge on any atom is 0.119 e. The molecule has 0 aliphatic rings. The lowest BCUT2D eigenvalue weighted by atomic mass is 10.0. The summed E-state index contributed by atoms with van der Waals surface area (Å²) in [5.41, 5.74) is 0.662. The van der Waals surface area contributed by atoms with Crippen LogP contribution in [0.15, 0.2) is 24.3 Å². The van der Waals surface area contributed by atoms with E-state index in [4.69, 9.17) is 10.00 Å². The first-order chi connectivity index (χ1) is 9.02. The van der Waals surface area contributed by atoms with Gasteiger partial charge >= 0.3 is 0 Å². The first-order valence-corrected chi connectivity index (χ1v) is 6.86. The fourth-order valence-corrected chi connectivity index (χ4v) is 2.02. The Balaban J connectivity index is 2.31. The van der Waals surface area contributed by atoms with E-state index in [1.54, 1.807) is 12.1 Å². The molecule has 0 N–H and O–H groups in total. The minimum absolute atomic E-state index is 0.574. The molecule has 1 unspecified atom stereocenters. The molecule has 1 atom stereocenters. The van der Waals surface area contributed by atoms with Crippen molar-refractivity contribution in [1.82, 2.24) is 4.90 Å². The molecule has 0 bridgehead atoms. The molecule has 3 nitrogen and oxygen atoms in total. The zero-order chi connectivity index (χ0) is 14.3. The molecular weight excluding hydrogens is 236 g/mol. The van der Waals surface area contributed by atoms with Gasteiger partial charge in [-0.25, -0.2) is 0 Å². The van der Waals surface area contributed by atoms with Crippen LogP contribution in [0, 0.1) is 17.2 Å². The number of nitrogens with zero attached hydrogens (tertiary/aromatic N) is 2. The molecule has 0 aliphatic heterocycles. The van der Waals surface area contributed by atoms with E-state index in [9.17, 15) is 0 Å². The van der Waals surface area contributed by atoms with Crippen molar-refractivity contribution in [2.24, 2.45) is 5.92 Å². The lowest BCUT2D eigenvalue weighted by Gasteiger charge is -2.26. The number of benzene rings is 1. The van der Waals surface area contributed by atoms with Gasteiger partial charge in [0.15, 0.2) is 0 Å². The Morgan fingerprint density at radius 1 is 1.21 bits per heavy atom. The summed E-state index contributed by atoms with van der Waals surface area (Å²) >= 11 is 0. The smallest absolute Gasteiger partial charge is 0.119 e. The molecular formula is C16H24N2O. The van der Waals surface area contributed by atoms with Crippen LogP contribution >= 0.6 is 0 Å². The van der Waals surface area contributed by atoms with E-state index in [0.717, 1.165) is 18.2 Å². The Kier molecular flexibility index (Phi) is 6.38. The van der Waals surface area contributed by atoms with Gasteiger partial charge in [-0.05, 0) is 50.6 Å².